The summed E-state index contributed by atoms with van der Waals surface area (Å²) < 4.78 is 0. The van der Waals surface area contributed by atoms with Gasteiger partial charge in [-0.25, -0.2) is 4.79 Å². The molecule has 22 heavy (non-hydrogen) atoms. The Morgan fingerprint density at radius 2 is 1.95 bits per heavy atom. The van der Waals surface area contributed by atoms with Crippen molar-refractivity contribution in [2.75, 3.05) is 33.8 Å². The first kappa shape index (κ1) is 17.1. The minimum absolute atomic E-state index is 0.0402. The van der Waals surface area contributed by atoms with E-state index in [1.807, 2.05) is 29.2 Å². The number of benzene rings is 1. The maximum atomic E-state index is 11.9. The van der Waals surface area contributed by atoms with Crippen molar-refractivity contribution in [2.45, 2.75) is 24.9 Å². The molecule has 1 heterocycles. The number of amides is 2. The van der Waals surface area contributed by atoms with E-state index in [-0.39, 0.29) is 18.7 Å². The normalized spacial score (nSPS) is 17.4. The first-order chi connectivity index (χ1) is 10.5. The number of hydrogen-bond acceptors (Lipinski definition) is 3. The third-order valence-electron chi connectivity index (χ3n) is 4.04. The number of urea groups is 1. The fraction of sp³-hybridized carbons (Fsp3) is 0.562. The van der Waals surface area contributed by atoms with E-state index < -0.39 is 0 Å². The highest BCUT2D eigenvalue weighted by Gasteiger charge is 2.25. The number of rotatable bonds is 4. The first-order valence-corrected chi connectivity index (χ1v) is 7.97. The van der Waals surface area contributed by atoms with Gasteiger partial charge in [-0.05, 0) is 30.5 Å². The van der Waals surface area contributed by atoms with Gasteiger partial charge in [-0.3, -0.25) is 0 Å². The molecule has 0 radical (unpaired) electrons. The Hall–Kier alpha value is -1.30. The molecule has 6 heteroatoms. The predicted octanol–water partition coefficient (Wildman–Crippen LogP) is 2.11. The van der Waals surface area contributed by atoms with Gasteiger partial charge in [0.25, 0.3) is 0 Å². The van der Waals surface area contributed by atoms with Crippen LogP contribution in [0.5, 0.6) is 0 Å². The van der Waals surface area contributed by atoms with E-state index in [2.05, 4.69) is 5.32 Å². The van der Waals surface area contributed by atoms with Crippen LogP contribution in [0, 0.1) is 0 Å². The van der Waals surface area contributed by atoms with Crippen molar-refractivity contribution in [1.29, 1.82) is 0 Å². The maximum Gasteiger partial charge on any atom is 0.319 e. The lowest BCUT2D eigenvalue weighted by Crippen LogP contribution is -2.48. The zero-order valence-corrected chi connectivity index (χ0v) is 13.9. The van der Waals surface area contributed by atoms with E-state index >= 15 is 0 Å². The standard InChI is InChI=1S/C16H24ClN3O2/c1-19(2)16(22)20-9-7-14(8-10-20)18-15(11-21)12-3-5-13(17)6-4-12/h3-6,14-15,18,21H,7-11H2,1-2H3. The minimum atomic E-state index is -0.0987. The molecule has 5 nitrogen and oxygen atoms in total. The number of aliphatic hydroxyl groups is 1. The lowest BCUT2D eigenvalue weighted by atomic mass is 10.0. The Labute approximate surface area is 136 Å². The van der Waals surface area contributed by atoms with Crippen molar-refractivity contribution in [2.24, 2.45) is 0 Å². The number of halogens is 1. The Balaban J connectivity index is 1.88. The maximum absolute atomic E-state index is 11.9. The lowest BCUT2D eigenvalue weighted by Gasteiger charge is -2.35. The van der Waals surface area contributed by atoms with Gasteiger partial charge < -0.3 is 20.2 Å². The van der Waals surface area contributed by atoms with E-state index in [0.29, 0.717) is 11.1 Å². The molecule has 1 aliphatic rings. The number of nitrogens with zero attached hydrogens (tertiary/aromatic N) is 2. The number of piperidine rings is 1. The van der Waals surface area contributed by atoms with Gasteiger partial charge >= 0.3 is 6.03 Å². The molecule has 0 saturated carbocycles. The van der Waals surface area contributed by atoms with E-state index in [9.17, 15) is 9.90 Å². The van der Waals surface area contributed by atoms with Crippen LogP contribution in [0.2, 0.25) is 5.02 Å². The molecular weight excluding hydrogens is 302 g/mol. The van der Waals surface area contributed by atoms with Crippen LogP contribution in [0.25, 0.3) is 0 Å². The summed E-state index contributed by atoms with van der Waals surface area (Å²) >= 11 is 5.90. The van der Waals surface area contributed by atoms with Crippen LogP contribution in [-0.4, -0.2) is 60.8 Å². The molecule has 1 aromatic carbocycles. The highest BCUT2D eigenvalue weighted by atomic mass is 35.5. The third-order valence-corrected chi connectivity index (χ3v) is 4.29. The molecular formula is C16H24ClN3O2. The highest BCUT2D eigenvalue weighted by Crippen LogP contribution is 2.20. The highest BCUT2D eigenvalue weighted by molar-refractivity contribution is 6.30. The zero-order chi connectivity index (χ0) is 16.1. The van der Waals surface area contributed by atoms with Crippen LogP contribution >= 0.6 is 11.6 Å². The summed E-state index contributed by atoms with van der Waals surface area (Å²) in [7, 11) is 3.55. The molecule has 2 rings (SSSR count). The monoisotopic (exact) mass is 325 g/mol. The minimum Gasteiger partial charge on any atom is -0.394 e. The summed E-state index contributed by atoms with van der Waals surface area (Å²) in [5, 5.41) is 13.8. The average Bonchev–Trinajstić information content (AvgIpc) is 2.53. The summed E-state index contributed by atoms with van der Waals surface area (Å²) in [5.41, 5.74) is 1.03. The second-order valence-electron chi connectivity index (χ2n) is 5.89. The van der Waals surface area contributed by atoms with Crippen LogP contribution in [0.1, 0.15) is 24.4 Å². The molecule has 2 N–H and O–H groups in total. The molecule has 1 aliphatic heterocycles. The Kier molecular flexibility index (Phi) is 6.06. The van der Waals surface area contributed by atoms with Crippen molar-refractivity contribution in [3.05, 3.63) is 34.9 Å². The number of likely N-dealkylation sites (tertiary alicyclic amines) is 1. The fourth-order valence-corrected chi connectivity index (χ4v) is 2.88. The number of aliphatic hydroxyl groups excluding tert-OH is 1. The van der Waals surface area contributed by atoms with Crippen LogP contribution in [0.4, 0.5) is 4.79 Å². The number of hydrogen-bond donors (Lipinski definition) is 2. The molecule has 0 aliphatic carbocycles. The molecule has 1 aromatic rings. The molecule has 1 atom stereocenters. The predicted molar refractivity (Wildman–Crippen MR) is 88.1 cm³/mol. The van der Waals surface area contributed by atoms with E-state index in [1.54, 1.807) is 19.0 Å². The summed E-state index contributed by atoms with van der Waals surface area (Å²) in [6.45, 7) is 1.53. The van der Waals surface area contributed by atoms with E-state index in [4.69, 9.17) is 11.6 Å². The lowest BCUT2D eigenvalue weighted by molar-refractivity contribution is 0.146. The molecule has 0 bridgehead atoms. The molecule has 2 amide bonds. The quantitative estimate of drug-likeness (QED) is 0.891. The molecule has 0 aromatic heterocycles. The molecule has 1 saturated heterocycles. The number of carbonyl (C=O) groups excluding carboxylic acids is 1. The zero-order valence-electron chi connectivity index (χ0n) is 13.1. The van der Waals surface area contributed by atoms with Gasteiger partial charge in [0.05, 0.1) is 12.6 Å². The summed E-state index contributed by atoms with van der Waals surface area (Å²) in [6.07, 6.45) is 1.79. The van der Waals surface area contributed by atoms with Crippen molar-refractivity contribution >= 4 is 17.6 Å². The van der Waals surface area contributed by atoms with Crippen LogP contribution in [0.3, 0.4) is 0 Å². The fourth-order valence-electron chi connectivity index (χ4n) is 2.75. The number of nitrogens with one attached hydrogen (secondary N) is 1. The SMILES string of the molecule is CN(C)C(=O)N1CCC(NC(CO)c2ccc(Cl)cc2)CC1. The van der Waals surface area contributed by atoms with Crippen molar-refractivity contribution in [3.8, 4) is 0 Å². The van der Waals surface area contributed by atoms with Crippen LogP contribution in [0.15, 0.2) is 24.3 Å². The van der Waals surface area contributed by atoms with Crippen molar-refractivity contribution in [3.63, 3.8) is 0 Å². The van der Waals surface area contributed by atoms with Gasteiger partial charge in [-0.15, -0.1) is 0 Å². The van der Waals surface area contributed by atoms with Gasteiger partial charge in [0.1, 0.15) is 0 Å². The molecule has 1 fully saturated rings. The van der Waals surface area contributed by atoms with Crippen molar-refractivity contribution in [1.82, 2.24) is 15.1 Å². The molecule has 122 valence electrons. The molecule has 1 unspecified atom stereocenters. The van der Waals surface area contributed by atoms with Gasteiger partial charge in [0.15, 0.2) is 0 Å². The number of carbonyl (C=O) groups is 1. The van der Waals surface area contributed by atoms with E-state index in [0.717, 1.165) is 31.5 Å². The largest absolute Gasteiger partial charge is 0.394 e. The first-order valence-electron chi connectivity index (χ1n) is 7.60. The summed E-state index contributed by atoms with van der Waals surface area (Å²) in [4.78, 5) is 15.4. The Morgan fingerprint density at radius 1 is 1.36 bits per heavy atom. The van der Waals surface area contributed by atoms with Crippen LogP contribution in [-0.2, 0) is 0 Å². The smallest absolute Gasteiger partial charge is 0.319 e. The van der Waals surface area contributed by atoms with Gasteiger partial charge in [-0.1, -0.05) is 23.7 Å². The second-order valence-corrected chi connectivity index (χ2v) is 6.33. The summed E-state index contributed by atoms with van der Waals surface area (Å²) in [6, 6.07) is 7.80. The van der Waals surface area contributed by atoms with Crippen molar-refractivity contribution < 1.29 is 9.90 Å². The van der Waals surface area contributed by atoms with Gasteiger partial charge in [-0.2, -0.15) is 0 Å². The summed E-state index contributed by atoms with van der Waals surface area (Å²) in [5.74, 6) is 0. The van der Waals surface area contributed by atoms with Gasteiger partial charge in [0, 0.05) is 38.2 Å². The average molecular weight is 326 g/mol. The van der Waals surface area contributed by atoms with Crippen LogP contribution < -0.4 is 5.32 Å². The Morgan fingerprint density at radius 3 is 2.45 bits per heavy atom. The van der Waals surface area contributed by atoms with Gasteiger partial charge in [0.2, 0.25) is 0 Å². The topological polar surface area (TPSA) is 55.8 Å². The molecule has 0 spiro atoms. The van der Waals surface area contributed by atoms with E-state index in [1.165, 1.54) is 0 Å². The Bertz CT molecular complexity index is 485. The second kappa shape index (κ2) is 7.81. The third kappa shape index (κ3) is 4.35.